The van der Waals surface area contributed by atoms with Crippen LogP contribution in [0.3, 0.4) is 0 Å². The molecule has 0 bridgehead atoms. The lowest BCUT2D eigenvalue weighted by Crippen LogP contribution is -2.25. The number of hydrogen-bond donors (Lipinski definition) is 0. The van der Waals surface area contributed by atoms with Crippen LogP contribution in [0.4, 0.5) is 4.79 Å². The maximum Gasteiger partial charge on any atom is 0.316 e. The van der Waals surface area contributed by atoms with Crippen LogP contribution in [0.2, 0.25) is 0 Å². The zero-order valence-electron chi connectivity index (χ0n) is 5.01. The third-order valence-corrected chi connectivity index (χ3v) is 2.47. The van der Waals surface area contributed by atoms with E-state index < -0.39 is 0 Å². The Kier molecular flexibility index (Phi) is 1.00. The highest BCUT2D eigenvalue weighted by molar-refractivity contribution is 6.62. The van der Waals surface area contributed by atoms with Crippen molar-refractivity contribution >= 4 is 17.0 Å². The van der Waals surface area contributed by atoms with E-state index in [-0.39, 0.29) is 5.37 Å². The van der Waals surface area contributed by atoms with E-state index in [1.54, 1.807) is 4.90 Å². The Hall–Kier alpha value is -0.240. The predicted molar refractivity (Wildman–Crippen MR) is 34.5 cm³/mol. The molecule has 1 aliphatic carbocycles. The van der Waals surface area contributed by atoms with Gasteiger partial charge in [-0.15, -0.1) is 0 Å². The number of piperidine rings is 1. The molecule has 1 heterocycles. The molecule has 9 heavy (non-hydrogen) atoms. The van der Waals surface area contributed by atoms with Crippen LogP contribution in [0, 0.1) is 5.92 Å². The molecule has 0 aromatic rings. The molecule has 2 nitrogen and oxygen atoms in total. The lowest BCUT2D eigenvalue weighted by atomic mass is 10.3. The van der Waals surface area contributed by atoms with Crippen LogP contribution in [-0.2, 0) is 0 Å². The summed E-state index contributed by atoms with van der Waals surface area (Å²) < 4.78 is 0. The summed E-state index contributed by atoms with van der Waals surface area (Å²) in [5.41, 5.74) is 0. The Labute approximate surface area is 58.8 Å². The SMILES string of the molecule is O=C(Cl)N1CCC2CC21. The zero-order valence-corrected chi connectivity index (χ0v) is 5.77. The molecule has 1 saturated carbocycles. The molecule has 2 aliphatic rings. The topological polar surface area (TPSA) is 20.3 Å². The maximum atomic E-state index is 10.6. The summed E-state index contributed by atoms with van der Waals surface area (Å²) >= 11 is 5.29. The van der Waals surface area contributed by atoms with Crippen molar-refractivity contribution in [2.75, 3.05) is 6.54 Å². The first kappa shape index (κ1) is 5.54. The number of nitrogens with zero attached hydrogens (tertiary/aromatic N) is 1. The summed E-state index contributed by atoms with van der Waals surface area (Å²) in [5, 5.41) is -0.264. The van der Waals surface area contributed by atoms with Crippen LogP contribution >= 0.6 is 11.6 Å². The van der Waals surface area contributed by atoms with E-state index >= 15 is 0 Å². The Balaban J connectivity index is 2.06. The molecule has 2 fully saturated rings. The van der Waals surface area contributed by atoms with E-state index in [0.29, 0.717) is 6.04 Å². The second kappa shape index (κ2) is 1.63. The maximum absolute atomic E-state index is 10.6. The lowest BCUT2D eigenvalue weighted by Gasteiger charge is -2.12. The van der Waals surface area contributed by atoms with Crippen molar-refractivity contribution in [3.05, 3.63) is 0 Å². The van der Waals surface area contributed by atoms with Crippen LogP contribution in [0.15, 0.2) is 0 Å². The summed E-state index contributed by atoms with van der Waals surface area (Å²) in [6, 6.07) is 0.523. The number of fused-ring (bicyclic) bond motifs is 1. The summed E-state index contributed by atoms with van der Waals surface area (Å²) in [4.78, 5) is 12.3. The van der Waals surface area contributed by atoms with Crippen LogP contribution in [0.5, 0.6) is 0 Å². The van der Waals surface area contributed by atoms with Gasteiger partial charge in [0.2, 0.25) is 0 Å². The number of likely N-dealkylation sites (tertiary alicyclic amines) is 1. The molecule has 1 aliphatic heterocycles. The molecule has 0 spiro atoms. The van der Waals surface area contributed by atoms with Crippen molar-refractivity contribution in [3.8, 4) is 0 Å². The van der Waals surface area contributed by atoms with Gasteiger partial charge in [-0.25, -0.2) is 0 Å². The highest BCUT2D eigenvalue weighted by Gasteiger charge is 2.48. The first-order valence-corrected chi connectivity index (χ1v) is 3.63. The second-order valence-corrected chi connectivity index (χ2v) is 3.12. The normalized spacial score (nSPS) is 38.6. The zero-order chi connectivity index (χ0) is 6.43. The van der Waals surface area contributed by atoms with Gasteiger partial charge in [0.25, 0.3) is 0 Å². The number of carbonyl (C=O) groups excluding carboxylic acids is 1. The van der Waals surface area contributed by atoms with E-state index in [9.17, 15) is 4.79 Å². The first-order valence-electron chi connectivity index (χ1n) is 3.25. The third-order valence-electron chi connectivity index (χ3n) is 2.25. The second-order valence-electron chi connectivity index (χ2n) is 2.80. The number of hydrogen-bond acceptors (Lipinski definition) is 1. The van der Waals surface area contributed by atoms with Gasteiger partial charge in [-0.1, -0.05) is 0 Å². The van der Waals surface area contributed by atoms with Crippen molar-refractivity contribution in [2.45, 2.75) is 18.9 Å². The van der Waals surface area contributed by atoms with Crippen molar-refractivity contribution in [2.24, 2.45) is 5.92 Å². The molecule has 3 heteroatoms. The van der Waals surface area contributed by atoms with Crippen molar-refractivity contribution in [1.82, 2.24) is 4.90 Å². The number of carbonyl (C=O) groups is 1. The number of halogens is 1. The molecule has 0 aromatic heterocycles. The highest BCUT2D eigenvalue weighted by atomic mass is 35.5. The molecule has 1 amide bonds. The van der Waals surface area contributed by atoms with Gasteiger partial charge >= 0.3 is 5.37 Å². The smallest absolute Gasteiger partial charge is 0.316 e. The Morgan fingerprint density at radius 2 is 2.44 bits per heavy atom. The molecule has 50 valence electrons. The molecule has 2 atom stereocenters. The predicted octanol–water partition coefficient (Wildman–Crippen LogP) is 1.44. The quantitative estimate of drug-likeness (QED) is 0.373. The van der Waals surface area contributed by atoms with Gasteiger partial charge in [-0.3, -0.25) is 4.79 Å². The Morgan fingerprint density at radius 3 is 2.67 bits per heavy atom. The molecule has 1 saturated heterocycles. The molecule has 2 unspecified atom stereocenters. The van der Waals surface area contributed by atoms with Gasteiger partial charge in [-0.2, -0.15) is 0 Å². The first-order chi connectivity index (χ1) is 4.29. The van der Waals surface area contributed by atoms with Gasteiger partial charge in [-0.05, 0) is 30.4 Å². The van der Waals surface area contributed by atoms with Crippen molar-refractivity contribution < 1.29 is 4.79 Å². The summed E-state index contributed by atoms with van der Waals surface area (Å²) in [6.07, 6.45) is 2.36. The highest BCUT2D eigenvalue weighted by Crippen LogP contribution is 2.44. The van der Waals surface area contributed by atoms with Gasteiger partial charge in [0, 0.05) is 12.6 Å². The van der Waals surface area contributed by atoms with Gasteiger partial charge in [0.05, 0.1) is 0 Å². The van der Waals surface area contributed by atoms with E-state index in [1.807, 2.05) is 0 Å². The van der Waals surface area contributed by atoms with E-state index in [0.717, 1.165) is 12.5 Å². The molecule has 0 aromatic carbocycles. The number of amides is 1. The standard InChI is InChI=1S/C6H8ClNO/c7-6(9)8-2-1-4-3-5(4)8/h4-5H,1-3H2. The third kappa shape index (κ3) is 0.732. The Morgan fingerprint density at radius 1 is 1.67 bits per heavy atom. The fourth-order valence-corrected chi connectivity index (χ4v) is 1.82. The summed E-state index contributed by atoms with van der Waals surface area (Å²) in [5.74, 6) is 0.799. The van der Waals surface area contributed by atoms with Crippen LogP contribution in [0.1, 0.15) is 12.8 Å². The van der Waals surface area contributed by atoms with Gasteiger partial charge < -0.3 is 4.90 Å². The minimum absolute atomic E-state index is 0.264. The largest absolute Gasteiger partial charge is 0.326 e. The molecule has 0 N–H and O–H groups in total. The molecular weight excluding hydrogens is 138 g/mol. The molecule has 2 rings (SSSR count). The van der Waals surface area contributed by atoms with E-state index in [4.69, 9.17) is 11.6 Å². The minimum atomic E-state index is -0.264. The fraction of sp³-hybridized carbons (Fsp3) is 0.833. The number of rotatable bonds is 0. The van der Waals surface area contributed by atoms with Gasteiger partial charge in [0.15, 0.2) is 0 Å². The lowest BCUT2D eigenvalue weighted by molar-refractivity contribution is 0.226. The average molecular weight is 146 g/mol. The Bertz CT molecular complexity index is 159. The molecular formula is C6H8ClNO. The van der Waals surface area contributed by atoms with E-state index in [1.165, 1.54) is 12.8 Å². The van der Waals surface area contributed by atoms with Gasteiger partial charge in [0.1, 0.15) is 0 Å². The van der Waals surface area contributed by atoms with E-state index in [2.05, 4.69) is 0 Å². The average Bonchev–Trinajstić information content (AvgIpc) is 2.43. The molecule has 0 radical (unpaired) electrons. The summed E-state index contributed by atoms with van der Waals surface area (Å²) in [6.45, 7) is 0.887. The van der Waals surface area contributed by atoms with Crippen molar-refractivity contribution in [1.29, 1.82) is 0 Å². The minimum Gasteiger partial charge on any atom is -0.326 e. The van der Waals surface area contributed by atoms with Crippen LogP contribution < -0.4 is 0 Å². The summed E-state index contributed by atoms with van der Waals surface area (Å²) in [7, 11) is 0. The fourth-order valence-electron chi connectivity index (χ4n) is 1.61. The van der Waals surface area contributed by atoms with Crippen molar-refractivity contribution in [3.63, 3.8) is 0 Å². The van der Waals surface area contributed by atoms with Crippen LogP contribution in [-0.4, -0.2) is 22.9 Å². The van der Waals surface area contributed by atoms with Crippen LogP contribution in [0.25, 0.3) is 0 Å². The monoisotopic (exact) mass is 145 g/mol.